The van der Waals surface area contributed by atoms with Crippen LogP contribution in [0.3, 0.4) is 0 Å². The molecule has 15 heavy (non-hydrogen) atoms. The zero-order chi connectivity index (χ0) is 10.7. The van der Waals surface area contributed by atoms with Crippen molar-refractivity contribution in [3.05, 3.63) is 0 Å². The molecule has 0 spiro atoms. The van der Waals surface area contributed by atoms with Crippen molar-refractivity contribution in [1.82, 2.24) is 5.32 Å². The molecule has 2 aliphatic carbocycles. The molecule has 0 amide bonds. The minimum Gasteiger partial charge on any atom is -0.317 e. The zero-order valence-electron chi connectivity index (χ0n) is 10.1. The number of nitrogens with one attached hydrogen (secondary N) is 1. The summed E-state index contributed by atoms with van der Waals surface area (Å²) < 4.78 is 0. The van der Waals surface area contributed by atoms with E-state index in [9.17, 15) is 0 Å². The van der Waals surface area contributed by atoms with E-state index in [0.717, 1.165) is 30.2 Å². The van der Waals surface area contributed by atoms with E-state index in [2.05, 4.69) is 24.2 Å². The predicted molar refractivity (Wildman–Crippen MR) is 64.5 cm³/mol. The van der Waals surface area contributed by atoms with Crippen LogP contribution in [0.4, 0.5) is 0 Å². The van der Waals surface area contributed by atoms with Crippen LogP contribution in [-0.2, 0) is 0 Å². The molecular formula is C14H23N. The molecular weight excluding hydrogens is 182 g/mol. The first kappa shape index (κ1) is 11.0. The first-order valence-corrected chi connectivity index (χ1v) is 6.45. The van der Waals surface area contributed by atoms with Crippen LogP contribution >= 0.6 is 0 Å². The van der Waals surface area contributed by atoms with E-state index < -0.39 is 0 Å². The van der Waals surface area contributed by atoms with Crippen LogP contribution in [0.25, 0.3) is 0 Å². The van der Waals surface area contributed by atoms with Crippen LogP contribution in [-0.4, -0.2) is 13.1 Å². The van der Waals surface area contributed by atoms with Gasteiger partial charge in [0.2, 0.25) is 0 Å². The fourth-order valence-electron chi connectivity index (χ4n) is 3.53. The number of fused-ring (bicyclic) bond motifs is 1. The van der Waals surface area contributed by atoms with Gasteiger partial charge in [-0.3, -0.25) is 0 Å². The van der Waals surface area contributed by atoms with Gasteiger partial charge in [0.1, 0.15) is 0 Å². The summed E-state index contributed by atoms with van der Waals surface area (Å²) in [5, 5.41) is 3.51. The normalized spacial score (nSPS) is 34.9. The Bertz CT molecular complexity index is 248. The van der Waals surface area contributed by atoms with Crippen LogP contribution in [0.15, 0.2) is 0 Å². The van der Waals surface area contributed by atoms with Crippen LogP contribution in [0.2, 0.25) is 0 Å². The Hall–Kier alpha value is -0.480. The minimum absolute atomic E-state index is 0.735. The maximum Gasteiger partial charge on any atom is 0.0107 e. The van der Waals surface area contributed by atoms with Gasteiger partial charge in [0.15, 0.2) is 0 Å². The lowest BCUT2D eigenvalue weighted by atomic mass is 10.0. The van der Waals surface area contributed by atoms with Gasteiger partial charge in [-0.1, -0.05) is 12.8 Å². The van der Waals surface area contributed by atoms with Gasteiger partial charge in [0.25, 0.3) is 0 Å². The molecule has 0 heterocycles. The Balaban J connectivity index is 1.81. The van der Waals surface area contributed by atoms with Crippen molar-refractivity contribution in [2.24, 2.45) is 17.8 Å². The van der Waals surface area contributed by atoms with Gasteiger partial charge in [-0.25, -0.2) is 0 Å². The van der Waals surface area contributed by atoms with Crippen molar-refractivity contribution in [3.8, 4) is 11.8 Å². The van der Waals surface area contributed by atoms with Gasteiger partial charge in [-0.15, -0.1) is 11.8 Å². The van der Waals surface area contributed by atoms with Gasteiger partial charge >= 0.3 is 0 Å². The SMILES string of the molecule is CC#CCCC(NC)C1C2CCCCC21. The summed E-state index contributed by atoms with van der Waals surface area (Å²) in [4.78, 5) is 0. The first-order chi connectivity index (χ1) is 7.38. The summed E-state index contributed by atoms with van der Waals surface area (Å²) in [6.45, 7) is 1.94. The first-order valence-electron chi connectivity index (χ1n) is 6.45. The summed E-state index contributed by atoms with van der Waals surface area (Å²) >= 11 is 0. The van der Waals surface area contributed by atoms with Gasteiger partial charge in [0, 0.05) is 12.5 Å². The molecule has 2 saturated carbocycles. The Kier molecular flexibility index (Phi) is 3.70. The molecule has 0 saturated heterocycles. The maximum absolute atomic E-state index is 3.51. The highest BCUT2D eigenvalue weighted by atomic mass is 14.9. The van der Waals surface area contributed by atoms with E-state index in [1.165, 1.54) is 32.1 Å². The molecule has 1 nitrogen and oxygen atoms in total. The molecule has 0 bridgehead atoms. The average Bonchev–Trinajstić information content (AvgIpc) is 2.99. The largest absolute Gasteiger partial charge is 0.317 e. The van der Waals surface area contributed by atoms with Crippen molar-refractivity contribution in [1.29, 1.82) is 0 Å². The van der Waals surface area contributed by atoms with Gasteiger partial charge in [-0.2, -0.15) is 0 Å². The van der Waals surface area contributed by atoms with Crippen LogP contribution in [0, 0.1) is 29.6 Å². The van der Waals surface area contributed by atoms with Crippen molar-refractivity contribution in [2.45, 2.75) is 51.5 Å². The Labute approximate surface area is 94.0 Å². The maximum atomic E-state index is 3.51. The predicted octanol–water partition coefficient (Wildman–Crippen LogP) is 2.81. The second-order valence-corrected chi connectivity index (χ2v) is 5.05. The van der Waals surface area contributed by atoms with Crippen LogP contribution < -0.4 is 5.32 Å². The van der Waals surface area contributed by atoms with E-state index in [0.29, 0.717) is 0 Å². The van der Waals surface area contributed by atoms with E-state index in [-0.39, 0.29) is 0 Å². The summed E-state index contributed by atoms with van der Waals surface area (Å²) in [6, 6.07) is 0.735. The molecule has 0 aromatic heterocycles. The van der Waals surface area contributed by atoms with Gasteiger partial charge in [0.05, 0.1) is 0 Å². The summed E-state index contributed by atoms with van der Waals surface area (Å²) in [6.07, 6.45) is 8.25. The lowest BCUT2D eigenvalue weighted by Gasteiger charge is -2.14. The summed E-state index contributed by atoms with van der Waals surface area (Å²) in [5.41, 5.74) is 0. The highest BCUT2D eigenvalue weighted by molar-refractivity contribution is 5.05. The Morgan fingerprint density at radius 2 is 1.93 bits per heavy atom. The zero-order valence-corrected chi connectivity index (χ0v) is 10.1. The molecule has 1 heteroatoms. The van der Waals surface area contributed by atoms with Crippen molar-refractivity contribution >= 4 is 0 Å². The molecule has 2 rings (SSSR count). The number of hydrogen-bond donors (Lipinski definition) is 1. The monoisotopic (exact) mass is 205 g/mol. The van der Waals surface area contributed by atoms with Crippen molar-refractivity contribution in [3.63, 3.8) is 0 Å². The second-order valence-electron chi connectivity index (χ2n) is 5.05. The molecule has 0 radical (unpaired) electrons. The molecule has 0 aliphatic heterocycles. The molecule has 84 valence electrons. The summed E-state index contributed by atoms with van der Waals surface area (Å²) in [5.74, 6) is 9.28. The minimum atomic E-state index is 0.735. The van der Waals surface area contributed by atoms with E-state index >= 15 is 0 Å². The third-order valence-corrected chi connectivity index (χ3v) is 4.32. The highest BCUT2D eigenvalue weighted by Gasteiger charge is 2.53. The second kappa shape index (κ2) is 5.03. The number of hydrogen-bond acceptors (Lipinski definition) is 1. The van der Waals surface area contributed by atoms with Crippen molar-refractivity contribution in [2.75, 3.05) is 7.05 Å². The Morgan fingerprint density at radius 3 is 2.47 bits per heavy atom. The Morgan fingerprint density at radius 1 is 1.27 bits per heavy atom. The van der Waals surface area contributed by atoms with Gasteiger partial charge < -0.3 is 5.32 Å². The quantitative estimate of drug-likeness (QED) is 0.696. The van der Waals surface area contributed by atoms with Crippen molar-refractivity contribution < 1.29 is 0 Å². The fraction of sp³-hybridized carbons (Fsp3) is 0.857. The number of rotatable bonds is 4. The van der Waals surface area contributed by atoms with Gasteiger partial charge in [-0.05, 0) is 51.0 Å². The fourth-order valence-corrected chi connectivity index (χ4v) is 3.53. The molecule has 2 aliphatic rings. The van der Waals surface area contributed by atoms with E-state index in [1.54, 1.807) is 0 Å². The van der Waals surface area contributed by atoms with Crippen LogP contribution in [0.1, 0.15) is 45.4 Å². The topological polar surface area (TPSA) is 12.0 Å². The highest BCUT2D eigenvalue weighted by Crippen LogP contribution is 2.57. The lowest BCUT2D eigenvalue weighted by molar-refractivity contribution is 0.440. The van der Waals surface area contributed by atoms with Crippen LogP contribution in [0.5, 0.6) is 0 Å². The third-order valence-electron chi connectivity index (χ3n) is 4.32. The molecule has 0 aromatic carbocycles. The van der Waals surface area contributed by atoms with E-state index in [4.69, 9.17) is 0 Å². The molecule has 3 unspecified atom stereocenters. The molecule has 2 fully saturated rings. The molecule has 0 aromatic rings. The standard InChI is InChI=1S/C14H23N/c1-3-4-5-10-13(15-2)14-11-8-6-7-9-12(11)14/h11-15H,5-10H2,1-2H3. The van der Waals surface area contributed by atoms with E-state index in [1.807, 2.05) is 6.92 Å². The molecule has 1 N–H and O–H groups in total. The molecule has 3 atom stereocenters. The lowest BCUT2D eigenvalue weighted by Crippen LogP contribution is -2.28. The summed E-state index contributed by atoms with van der Waals surface area (Å²) in [7, 11) is 2.12. The smallest absolute Gasteiger partial charge is 0.0107 e. The average molecular weight is 205 g/mol. The third kappa shape index (κ3) is 2.37.